The first-order chi connectivity index (χ1) is 8.75. The lowest BCUT2D eigenvalue weighted by Crippen LogP contribution is -2.05. The van der Waals surface area contributed by atoms with Crippen molar-refractivity contribution in [1.82, 2.24) is 0 Å². The third-order valence-corrected chi connectivity index (χ3v) is 4.29. The number of rotatable bonds is 4. The first-order valence-electron chi connectivity index (χ1n) is 6.36. The average Bonchev–Trinajstić information content (AvgIpc) is 2.65. The molecule has 1 aliphatic rings. The fourth-order valence-corrected chi connectivity index (χ4v) is 3.19. The Labute approximate surface area is 118 Å². The van der Waals surface area contributed by atoms with Crippen molar-refractivity contribution in [2.75, 3.05) is 5.75 Å². The van der Waals surface area contributed by atoms with Crippen molar-refractivity contribution in [2.45, 2.75) is 37.0 Å². The SMILES string of the molecule is O=C(CSc1cccc(Cl)c1)C1=CCCCCC1. The number of benzene rings is 1. The Hall–Kier alpha value is -0.730. The maximum Gasteiger partial charge on any atom is 0.168 e. The van der Waals surface area contributed by atoms with E-state index in [0.29, 0.717) is 5.75 Å². The van der Waals surface area contributed by atoms with Gasteiger partial charge in [0.2, 0.25) is 0 Å². The van der Waals surface area contributed by atoms with Gasteiger partial charge in [0.15, 0.2) is 5.78 Å². The summed E-state index contributed by atoms with van der Waals surface area (Å²) in [7, 11) is 0. The topological polar surface area (TPSA) is 17.1 Å². The van der Waals surface area contributed by atoms with Crippen LogP contribution in [-0.2, 0) is 4.79 Å². The molecule has 0 saturated heterocycles. The lowest BCUT2D eigenvalue weighted by atomic mass is 10.1. The molecule has 1 nitrogen and oxygen atoms in total. The van der Waals surface area contributed by atoms with Gasteiger partial charge in [0, 0.05) is 9.92 Å². The van der Waals surface area contributed by atoms with Gasteiger partial charge < -0.3 is 0 Å². The highest BCUT2D eigenvalue weighted by Crippen LogP contribution is 2.24. The molecule has 0 spiro atoms. The van der Waals surface area contributed by atoms with Crippen LogP contribution in [0.2, 0.25) is 5.02 Å². The highest BCUT2D eigenvalue weighted by Gasteiger charge is 2.11. The lowest BCUT2D eigenvalue weighted by Gasteiger charge is -2.05. The van der Waals surface area contributed by atoms with Crippen LogP contribution in [0.25, 0.3) is 0 Å². The minimum atomic E-state index is 0.280. The van der Waals surface area contributed by atoms with E-state index in [1.54, 1.807) is 11.8 Å². The summed E-state index contributed by atoms with van der Waals surface area (Å²) in [6.45, 7) is 0. The molecule has 3 heteroatoms. The van der Waals surface area contributed by atoms with Crippen molar-refractivity contribution in [3.05, 3.63) is 40.9 Å². The number of hydrogen-bond donors (Lipinski definition) is 0. The molecule has 0 N–H and O–H groups in total. The molecule has 1 aromatic rings. The van der Waals surface area contributed by atoms with Crippen LogP contribution in [0.4, 0.5) is 0 Å². The van der Waals surface area contributed by atoms with Crippen molar-refractivity contribution in [3.8, 4) is 0 Å². The predicted molar refractivity (Wildman–Crippen MR) is 78.4 cm³/mol. The average molecular weight is 281 g/mol. The van der Waals surface area contributed by atoms with Crippen LogP contribution in [0.1, 0.15) is 32.1 Å². The van der Waals surface area contributed by atoms with E-state index < -0.39 is 0 Å². The molecule has 0 bridgehead atoms. The fraction of sp³-hybridized carbons (Fsp3) is 0.400. The van der Waals surface area contributed by atoms with Gasteiger partial charge >= 0.3 is 0 Å². The Morgan fingerprint density at radius 3 is 3.00 bits per heavy atom. The highest BCUT2D eigenvalue weighted by molar-refractivity contribution is 8.00. The minimum absolute atomic E-state index is 0.280. The summed E-state index contributed by atoms with van der Waals surface area (Å²) >= 11 is 7.49. The second-order valence-corrected chi connectivity index (χ2v) is 5.98. The summed E-state index contributed by atoms with van der Waals surface area (Å²) < 4.78 is 0. The van der Waals surface area contributed by atoms with Gasteiger partial charge in [-0.2, -0.15) is 0 Å². The smallest absolute Gasteiger partial charge is 0.168 e. The van der Waals surface area contributed by atoms with Gasteiger partial charge in [0.1, 0.15) is 0 Å². The number of carbonyl (C=O) groups is 1. The van der Waals surface area contributed by atoms with Gasteiger partial charge in [0.25, 0.3) is 0 Å². The van der Waals surface area contributed by atoms with E-state index in [1.807, 2.05) is 24.3 Å². The summed E-state index contributed by atoms with van der Waals surface area (Å²) in [5.41, 5.74) is 1.03. The Kier molecular flexibility index (Phi) is 5.33. The third kappa shape index (κ3) is 4.18. The quantitative estimate of drug-likeness (QED) is 0.730. The van der Waals surface area contributed by atoms with E-state index >= 15 is 0 Å². The lowest BCUT2D eigenvalue weighted by molar-refractivity contribution is -0.113. The molecule has 0 fully saturated rings. The van der Waals surface area contributed by atoms with Crippen LogP contribution in [-0.4, -0.2) is 11.5 Å². The third-order valence-electron chi connectivity index (χ3n) is 3.07. The molecule has 2 rings (SSSR count). The summed E-state index contributed by atoms with van der Waals surface area (Å²) in [5, 5.41) is 0.723. The normalized spacial score (nSPS) is 15.9. The molecule has 0 aromatic heterocycles. The van der Waals surface area contributed by atoms with Crippen molar-refractivity contribution >= 4 is 29.1 Å². The molecular formula is C15H17ClOS. The Bertz CT molecular complexity index is 454. The van der Waals surface area contributed by atoms with Crippen molar-refractivity contribution in [2.24, 2.45) is 0 Å². The van der Waals surface area contributed by atoms with Crippen molar-refractivity contribution < 1.29 is 4.79 Å². The molecule has 0 unspecified atom stereocenters. The van der Waals surface area contributed by atoms with Crippen molar-refractivity contribution in [3.63, 3.8) is 0 Å². The summed E-state index contributed by atoms with van der Waals surface area (Å²) in [6.07, 6.45) is 7.76. The molecule has 0 amide bonds. The molecule has 0 saturated carbocycles. The zero-order chi connectivity index (χ0) is 12.8. The Morgan fingerprint density at radius 2 is 2.17 bits per heavy atom. The van der Waals surface area contributed by atoms with Crippen LogP contribution in [0.15, 0.2) is 40.8 Å². The van der Waals surface area contributed by atoms with E-state index in [1.165, 1.54) is 12.8 Å². The molecule has 18 heavy (non-hydrogen) atoms. The summed E-state index contributed by atoms with van der Waals surface area (Å²) in [6, 6.07) is 7.66. The largest absolute Gasteiger partial charge is 0.294 e. The van der Waals surface area contributed by atoms with E-state index in [0.717, 1.165) is 34.8 Å². The van der Waals surface area contributed by atoms with Gasteiger partial charge in [-0.25, -0.2) is 0 Å². The van der Waals surface area contributed by atoms with Gasteiger partial charge in [-0.15, -0.1) is 11.8 Å². The predicted octanol–water partition coefficient (Wildman–Crippen LogP) is 4.89. The Balaban J connectivity index is 1.89. The van der Waals surface area contributed by atoms with Crippen LogP contribution in [0.3, 0.4) is 0 Å². The number of ketones is 1. The molecule has 0 atom stereocenters. The first-order valence-corrected chi connectivity index (χ1v) is 7.72. The maximum absolute atomic E-state index is 12.1. The molecule has 1 aromatic carbocycles. The number of thioether (sulfide) groups is 1. The van der Waals surface area contributed by atoms with Crippen LogP contribution < -0.4 is 0 Å². The fourth-order valence-electron chi connectivity index (χ4n) is 2.07. The second-order valence-electron chi connectivity index (χ2n) is 4.50. The summed E-state index contributed by atoms with van der Waals surface area (Å²) in [4.78, 5) is 13.1. The van der Waals surface area contributed by atoms with Crippen molar-refractivity contribution in [1.29, 1.82) is 0 Å². The Morgan fingerprint density at radius 1 is 1.28 bits per heavy atom. The van der Waals surface area contributed by atoms with E-state index in [4.69, 9.17) is 11.6 Å². The number of hydrogen-bond acceptors (Lipinski definition) is 2. The maximum atomic E-state index is 12.1. The van der Waals surface area contributed by atoms with Gasteiger partial charge in [-0.1, -0.05) is 30.2 Å². The van der Waals surface area contributed by atoms with Crippen LogP contribution in [0.5, 0.6) is 0 Å². The van der Waals surface area contributed by atoms with E-state index in [2.05, 4.69) is 6.08 Å². The van der Waals surface area contributed by atoms with Gasteiger partial charge in [0.05, 0.1) is 5.75 Å². The zero-order valence-electron chi connectivity index (χ0n) is 10.3. The molecule has 0 heterocycles. The molecule has 96 valence electrons. The molecule has 1 aliphatic carbocycles. The minimum Gasteiger partial charge on any atom is -0.294 e. The summed E-state index contributed by atoms with van der Waals surface area (Å²) in [5.74, 6) is 0.800. The van der Waals surface area contributed by atoms with E-state index in [-0.39, 0.29) is 5.78 Å². The molecule has 0 radical (unpaired) electrons. The molecular weight excluding hydrogens is 264 g/mol. The van der Waals surface area contributed by atoms with Gasteiger partial charge in [-0.3, -0.25) is 4.79 Å². The number of Topliss-reactive ketones (excluding diaryl/α,β-unsaturated/α-hetero) is 1. The van der Waals surface area contributed by atoms with Gasteiger partial charge in [-0.05, 0) is 49.5 Å². The van der Waals surface area contributed by atoms with Crippen LogP contribution in [0, 0.1) is 0 Å². The number of halogens is 1. The number of carbonyl (C=O) groups excluding carboxylic acids is 1. The van der Waals surface area contributed by atoms with E-state index in [9.17, 15) is 4.79 Å². The number of allylic oxidation sites excluding steroid dienone is 2. The molecule has 0 aliphatic heterocycles. The van der Waals surface area contributed by atoms with Crippen LogP contribution >= 0.6 is 23.4 Å². The highest BCUT2D eigenvalue weighted by atomic mass is 35.5. The second kappa shape index (κ2) is 7.01. The zero-order valence-corrected chi connectivity index (χ0v) is 11.9. The monoisotopic (exact) mass is 280 g/mol. The standard InChI is InChI=1S/C15H17ClOS/c16-13-8-5-9-14(10-13)18-11-15(17)12-6-3-1-2-4-7-12/h5-6,8-10H,1-4,7,11H2. The first kappa shape index (κ1) is 13.7.